The lowest BCUT2D eigenvalue weighted by Gasteiger charge is -2.28. The zero-order chi connectivity index (χ0) is 22.9. The lowest BCUT2D eigenvalue weighted by Crippen LogP contribution is -2.37. The topological polar surface area (TPSA) is 59.1 Å². The highest BCUT2D eigenvalue weighted by Crippen LogP contribution is 2.47. The highest BCUT2D eigenvalue weighted by atomic mass is 35.5. The van der Waals surface area contributed by atoms with E-state index < -0.39 is 18.1 Å². The fourth-order valence-corrected chi connectivity index (χ4v) is 4.61. The summed E-state index contributed by atoms with van der Waals surface area (Å²) >= 11 is 6.27. The predicted molar refractivity (Wildman–Crippen MR) is 126 cm³/mol. The number of ether oxygens (including phenoxy) is 1. The van der Waals surface area contributed by atoms with E-state index in [-0.39, 0.29) is 11.8 Å². The Balaban J connectivity index is 1.50. The highest BCUT2D eigenvalue weighted by Gasteiger charge is 2.60. The van der Waals surface area contributed by atoms with Crippen LogP contribution in [0.3, 0.4) is 0 Å². The summed E-state index contributed by atoms with van der Waals surface area (Å²) in [4.78, 5) is 34.4. The number of anilines is 2. The quantitative estimate of drug-likeness (QED) is 0.472. The number of para-hydroxylation sites is 1. The molecule has 3 aromatic rings. The van der Waals surface area contributed by atoms with Crippen LogP contribution in [0.15, 0.2) is 78.9 Å². The maximum Gasteiger partial charge on any atom is 0.266 e. The van der Waals surface area contributed by atoms with Crippen molar-refractivity contribution in [2.45, 2.75) is 25.5 Å². The molecule has 0 unspecified atom stereocenters. The second kappa shape index (κ2) is 8.89. The largest absolute Gasteiger partial charge is 0.494 e. The SMILES string of the molecule is CCCOc1ccc(N2C(=O)[C@@H]3[C@H](ON(c4ccccc4)[C@@H]3c3cccc(Cl)c3)C2=O)cc1. The molecular formula is C26H23ClN2O4. The average Bonchev–Trinajstić information content (AvgIpc) is 3.35. The minimum absolute atomic E-state index is 0.296. The highest BCUT2D eigenvalue weighted by molar-refractivity contribution is 6.30. The molecule has 2 saturated heterocycles. The molecule has 5 rings (SSSR count). The van der Waals surface area contributed by atoms with E-state index in [1.54, 1.807) is 35.4 Å². The van der Waals surface area contributed by atoms with Crippen LogP contribution in [0, 0.1) is 5.92 Å². The van der Waals surface area contributed by atoms with Crippen LogP contribution in [0.5, 0.6) is 5.75 Å². The van der Waals surface area contributed by atoms with Crippen molar-refractivity contribution >= 4 is 34.8 Å². The molecule has 2 aliphatic rings. The first-order chi connectivity index (χ1) is 16.1. The van der Waals surface area contributed by atoms with E-state index in [1.165, 1.54) is 4.90 Å². The van der Waals surface area contributed by atoms with Crippen molar-refractivity contribution in [3.8, 4) is 5.75 Å². The van der Waals surface area contributed by atoms with Crippen LogP contribution in [0.1, 0.15) is 24.9 Å². The number of hydrogen-bond donors (Lipinski definition) is 0. The Kier molecular flexibility index (Phi) is 5.79. The number of carbonyl (C=O) groups excluding carboxylic acids is 2. The van der Waals surface area contributed by atoms with Gasteiger partial charge < -0.3 is 4.74 Å². The van der Waals surface area contributed by atoms with Gasteiger partial charge in [-0.25, -0.2) is 9.96 Å². The Labute approximate surface area is 197 Å². The van der Waals surface area contributed by atoms with Gasteiger partial charge in [0.05, 0.1) is 24.0 Å². The van der Waals surface area contributed by atoms with Crippen LogP contribution in [-0.4, -0.2) is 24.5 Å². The third-order valence-corrected chi connectivity index (χ3v) is 6.12. The third kappa shape index (κ3) is 3.86. The summed E-state index contributed by atoms with van der Waals surface area (Å²) in [7, 11) is 0. The van der Waals surface area contributed by atoms with Crippen LogP contribution >= 0.6 is 11.6 Å². The van der Waals surface area contributed by atoms with Crippen LogP contribution in [0.4, 0.5) is 11.4 Å². The van der Waals surface area contributed by atoms with Crippen LogP contribution in [0.25, 0.3) is 0 Å². The number of hydrogen-bond acceptors (Lipinski definition) is 5. The minimum Gasteiger partial charge on any atom is -0.494 e. The molecule has 2 amide bonds. The van der Waals surface area contributed by atoms with E-state index in [4.69, 9.17) is 21.2 Å². The van der Waals surface area contributed by atoms with Crippen molar-refractivity contribution in [3.63, 3.8) is 0 Å². The van der Waals surface area contributed by atoms with Crippen molar-refractivity contribution < 1.29 is 19.2 Å². The van der Waals surface area contributed by atoms with Crippen molar-refractivity contribution in [2.75, 3.05) is 16.6 Å². The number of imide groups is 1. The van der Waals surface area contributed by atoms with Crippen LogP contribution in [0.2, 0.25) is 5.02 Å². The Morgan fingerprint density at radius 1 is 0.909 bits per heavy atom. The van der Waals surface area contributed by atoms with E-state index >= 15 is 0 Å². The molecule has 2 aliphatic heterocycles. The summed E-state index contributed by atoms with van der Waals surface area (Å²) in [5.41, 5.74) is 2.08. The minimum atomic E-state index is -0.919. The number of rotatable bonds is 6. The molecule has 2 heterocycles. The lowest BCUT2D eigenvalue weighted by atomic mass is 9.90. The molecule has 0 N–H and O–H groups in total. The van der Waals surface area contributed by atoms with E-state index in [0.29, 0.717) is 23.1 Å². The molecule has 33 heavy (non-hydrogen) atoms. The molecule has 168 valence electrons. The molecule has 0 saturated carbocycles. The predicted octanol–water partition coefficient (Wildman–Crippen LogP) is 5.18. The Hall–Kier alpha value is -3.35. The fraction of sp³-hybridized carbons (Fsp3) is 0.231. The summed E-state index contributed by atoms with van der Waals surface area (Å²) in [5.74, 6) is -0.677. The number of benzene rings is 3. The Morgan fingerprint density at radius 2 is 1.67 bits per heavy atom. The van der Waals surface area contributed by atoms with Crippen molar-refractivity contribution in [1.82, 2.24) is 0 Å². The van der Waals surface area contributed by atoms with Gasteiger partial charge in [0.25, 0.3) is 5.91 Å². The Bertz CT molecular complexity index is 1170. The number of hydroxylamine groups is 1. The molecule has 6 nitrogen and oxygen atoms in total. The molecule has 3 aromatic carbocycles. The van der Waals surface area contributed by atoms with Gasteiger partial charge in [0.1, 0.15) is 11.7 Å². The first-order valence-electron chi connectivity index (χ1n) is 11.0. The van der Waals surface area contributed by atoms with Crippen molar-refractivity contribution in [3.05, 3.63) is 89.4 Å². The maximum absolute atomic E-state index is 13.6. The Morgan fingerprint density at radius 3 is 2.36 bits per heavy atom. The van der Waals surface area contributed by atoms with Gasteiger partial charge in [-0.1, -0.05) is 48.9 Å². The second-order valence-corrected chi connectivity index (χ2v) is 8.50. The standard InChI is InChI=1S/C26H23ClN2O4/c1-2-15-32-21-13-11-19(12-14-21)28-25(30)22-23(17-7-6-8-18(27)16-17)29(33-24(22)26(28)31)20-9-4-3-5-10-20/h3-14,16,22-24H,2,15H2,1H3/t22-,23+,24-/m0/s1. The summed E-state index contributed by atoms with van der Waals surface area (Å²) in [5, 5.41) is 2.22. The molecule has 0 radical (unpaired) electrons. The fourth-order valence-electron chi connectivity index (χ4n) is 4.41. The second-order valence-electron chi connectivity index (χ2n) is 8.07. The molecule has 3 atom stereocenters. The molecule has 7 heteroatoms. The van der Waals surface area contributed by atoms with Gasteiger partial charge in [-0.3, -0.25) is 14.4 Å². The van der Waals surface area contributed by atoms with E-state index in [1.807, 2.05) is 55.5 Å². The van der Waals surface area contributed by atoms with Gasteiger partial charge in [0.2, 0.25) is 5.91 Å². The normalized spacial score (nSPS) is 22.1. The molecule has 0 aliphatic carbocycles. The van der Waals surface area contributed by atoms with E-state index in [9.17, 15) is 9.59 Å². The van der Waals surface area contributed by atoms with Crippen LogP contribution in [-0.2, 0) is 14.4 Å². The smallest absolute Gasteiger partial charge is 0.266 e. The number of amides is 2. The summed E-state index contributed by atoms with van der Waals surface area (Å²) in [6.07, 6.45) is -0.0216. The number of carbonyl (C=O) groups is 2. The number of fused-ring (bicyclic) bond motifs is 1. The molecule has 0 spiro atoms. The molecule has 0 aromatic heterocycles. The van der Waals surface area contributed by atoms with E-state index in [2.05, 4.69) is 0 Å². The summed E-state index contributed by atoms with van der Waals surface area (Å²) < 4.78 is 5.62. The molecular weight excluding hydrogens is 440 g/mol. The zero-order valence-corrected chi connectivity index (χ0v) is 18.8. The number of nitrogens with zero attached hydrogens (tertiary/aromatic N) is 2. The molecule has 2 fully saturated rings. The maximum atomic E-state index is 13.6. The summed E-state index contributed by atoms with van der Waals surface area (Å²) in [6.45, 7) is 2.64. The van der Waals surface area contributed by atoms with Crippen LogP contribution < -0.4 is 14.7 Å². The molecule has 0 bridgehead atoms. The van der Waals surface area contributed by atoms with Gasteiger partial charge in [0, 0.05) is 5.02 Å². The van der Waals surface area contributed by atoms with Gasteiger partial charge in [-0.2, -0.15) is 0 Å². The lowest BCUT2D eigenvalue weighted by molar-refractivity contribution is -0.126. The first-order valence-corrected chi connectivity index (χ1v) is 11.3. The van der Waals surface area contributed by atoms with Crippen molar-refractivity contribution in [2.24, 2.45) is 5.92 Å². The third-order valence-electron chi connectivity index (χ3n) is 5.88. The van der Waals surface area contributed by atoms with Gasteiger partial charge in [-0.15, -0.1) is 0 Å². The monoisotopic (exact) mass is 462 g/mol. The van der Waals surface area contributed by atoms with Gasteiger partial charge >= 0.3 is 0 Å². The van der Waals surface area contributed by atoms with E-state index in [0.717, 1.165) is 17.7 Å². The first kappa shape index (κ1) is 21.5. The average molecular weight is 463 g/mol. The zero-order valence-electron chi connectivity index (χ0n) is 18.1. The summed E-state index contributed by atoms with van der Waals surface area (Å²) in [6, 6.07) is 23.3. The van der Waals surface area contributed by atoms with Crippen molar-refractivity contribution in [1.29, 1.82) is 0 Å². The number of halogens is 1. The van der Waals surface area contributed by atoms with Gasteiger partial charge in [0.15, 0.2) is 6.10 Å². The van der Waals surface area contributed by atoms with Gasteiger partial charge in [-0.05, 0) is 60.5 Å².